The Morgan fingerprint density at radius 1 is 1.25 bits per heavy atom. The minimum absolute atomic E-state index is 0.0572. The highest BCUT2D eigenvalue weighted by atomic mass is 35.5. The first-order valence-electron chi connectivity index (χ1n) is 6.41. The molecule has 2 aromatic carbocycles. The molecule has 0 aliphatic carbocycles. The molecule has 0 spiro atoms. The van der Waals surface area contributed by atoms with Crippen molar-refractivity contribution in [1.29, 1.82) is 0 Å². The molecule has 0 heterocycles. The van der Waals surface area contributed by atoms with Crippen molar-refractivity contribution in [2.45, 2.75) is 19.6 Å². The second kappa shape index (κ2) is 6.25. The first kappa shape index (κ1) is 14.8. The van der Waals surface area contributed by atoms with Gasteiger partial charge in [-0.3, -0.25) is 0 Å². The van der Waals surface area contributed by atoms with Gasteiger partial charge in [0.1, 0.15) is 5.82 Å². The van der Waals surface area contributed by atoms with Crippen LogP contribution in [0.15, 0.2) is 42.5 Å². The van der Waals surface area contributed by atoms with Gasteiger partial charge >= 0.3 is 0 Å². The Balaban J connectivity index is 2.31. The number of aliphatic hydroxyl groups is 1. The number of hydrogen-bond donors (Lipinski definition) is 1. The Morgan fingerprint density at radius 3 is 2.55 bits per heavy atom. The molecule has 1 unspecified atom stereocenters. The quantitative estimate of drug-likeness (QED) is 0.914. The SMILES string of the molecule is CC(c1ccccc1Cl)N(C)c1ccc(CO)cc1F. The molecular weight excluding hydrogens is 277 g/mol. The molecule has 0 aliphatic rings. The van der Waals surface area contributed by atoms with E-state index in [2.05, 4.69) is 0 Å². The highest BCUT2D eigenvalue weighted by Crippen LogP contribution is 2.31. The number of nitrogens with zero attached hydrogens (tertiary/aromatic N) is 1. The Morgan fingerprint density at radius 2 is 1.95 bits per heavy atom. The molecule has 1 N–H and O–H groups in total. The largest absolute Gasteiger partial charge is 0.392 e. The third-order valence-electron chi connectivity index (χ3n) is 3.51. The van der Waals surface area contributed by atoms with Crippen LogP contribution in [0.5, 0.6) is 0 Å². The summed E-state index contributed by atoms with van der Waals surface area (Å²) in [6.45, 7) is 1.81. The average molecular weight is 294 g/mol. The average Bonchev–Trinajstić information content (AvgIpc) is 2.46. The topological polar surface area (TPSA) is 23.5 Å². The second-order valence-electron chi connectivity index (χ2n) is 4.75. The summed E-state index contributed by atoms with van der Waals surface area (Å²) in [6, 6.07) is 12.2. The van der Waals surface area contributed by atoms with Crippen LogP contribution < -0.4 is 4.90 Å². The van der Waals surface area contributed by atoms with Crippen LogP contribution in [0.2, 0.25) is 5.02 Å². The van der Waals surface area contributed by atoms with Gasteiger partial charge in [-0.05, 0) is 36.2 Å². The van der Waals surface area contributed by atoms with E-state index < -0.39 is 0 Å². The van der Waals surface area contributed by atoms with Crippen molar-refractivity contribution in [3.05, 3.63) is 64.4 Å². The van der Waals surface area contributed by atoms with Crippen LogP contribution in [-0.2, 0) is 6.61 Å². The third kappa shape index (κ3) is 2.94. The van der Waals surface area contributed by atoms with E-state index >= 15 is 0 Å². The monoisotopic (exact) mass is 293 g/mol. The molecule has 2 nitrogen and oxygen atoms in total. The number of halogens is 2. The molecule has 106 valence electrons. The normalized spacial score (nSPS) is 12.2. The summed E-state index contributed by atoms with van der Waals surface area (Å²) in [4.78, 5) is 1.83. The van der Waals surface area contributed by atoms with E-state index in [9.17, 15) is 4.39 Å². The fraction of sp³-hybridized carbons (Fsp3) is 0.250. The molecule has 2 rings (SSSR count). The smallest absolute Gasteiger partial charge is 0.146 e. The van der Waals surface area contributed by atoms with Crippen molar-refractivity contribution in [3.8, 4) is 0 Å². The maximum Gasteiger partial charge on any atom is 0.146 e. The van der Waals surface area contributed by atoms with Crippen molar-refractivity contribution in [2.75, 3.05) is 11.9 Å². The number of rotatable bonds is 4. The van der Waals surface area contributed by atoms with Crippen LogP contribution in [0.4, 0.5) is 10.1 Å². The molecule has 0 saturated carbocycles. The summed E-state index contributed by atoms with van der Waals surface area (Å²) >= 11 is 6.18. The standard InChI is InChI=1S/C16H17ClFNO/c1-11(13-5-3-4-6-14(13)17)19(2)16-8-7-12(10-20)9-15(16)18/h3-9,11,20H,10H2,1-2H3. The van der Waals surface area contributed by atoms with E-state index in [-0.39, 0.29) is 18.5 Å². The lowest BCUT2D eigenvalue weighted by Crippen LogP contribution is -2.23. The van der Waals surface area contributed by atoms with Crippen molar-refractivity contribution >= 4 is 17.3 Å². The Bertz CT molecular complexity index is 603. The zero-order chi connectivity index (χ0) is 14.7. The Hall–Kier alpha value is -1.58. The zero-order valence-electron chi connectivity index (χ0n) is 11.5. The summed E-state index contributed by atoms with van der Waals surface area (Å²) in [5.41, 5.74) is 1.99. The van der Waals surface area contributed by atoms with E-state index in [1.165, 1.54) is 6.07 Å². The van der Waals surface area contributed by atoms with Gasteiger partial charge in [-0.15, -0.1) is 0 Å². The third-order valence-corrected chi connectivity index (χ3v) is 3.86. The van der Waals surface area contributed by atoms with Gasteiger partial charge < -0.3 is 10.0 Å². The molecule has 20 heavy (non-hydrogen) atoms. The summed E-state index contributed by atoms with van der Waals surface area (Å²) in [5.74, 6) is -0.349. The second-order valence-corrected chi connectivity index (χ2v) is 5.16. The van der Waals surface area contributed by atoms with Crippen LogP contribution in [0.25, 0.3) is 0 Å². The lowest BCUT2D eigenvalue weighted by atomic mass is 10.1. The molecule has 0 aliphatic heterocycles. The van der Waals surface area contributed by atoms with Crippen LogP contribution in [-0.4, -0.2) is 12.2 Å². The van der Waals surface area contributed by atoms with Crippen molar-refractivity contribution in [1.82, 2.24) is 0 Å². The molecule has 0 fully saturated rings. The van der Waals surface area contributed by atoms with Gasteiger partial charge in [0.15, 0.2) is 0 Å². The molecule has 0 saturated heterocycles. The predicted molar refractivity (Wildman–Crippen MR) is 80.6 cm³/mol. The fourth-order valence-electron chi connectivity index (χ4n) is 2.17. The van der Waals surface area contributed by atoms with Gasteiger partial charge in [-0.1, -0.05) is 35.9 Å². The number of benzene rings is 2. The molecule has 2 aromatic rings. The van der Waals surface area contributed by atoms with E-state index in [4.69, 9.17) is 16.7 Å². The Kier molecular flexibility index (Phi) is 4.63. The molecule has 0 amide bonds. The highest BCUT2D eigenvalue weighted by Gasteiger charge is 2.17. The minimum Gasteiger partial charge on any atom is -0.392 e. The van der Waals surface area contributed by atoms with Crippen LogP contribution in [0.3, 0.4) is 0 Å². The van der Waals surface area contributed by atoms with E-state index in [0.29, 0.717) is 16.3 Å². The Labute approximate surface area is 123 Å². The number of aliphatic hydroxyl groups excluding tert-OH is 1. The number of anilines is 1. The molecule has 4 heteroatoms. The van der Waals surface area contributed by atoms with Gasteiger partial charge in [0.25, 0.3) is 0 Å². The van der Waals surface area contributed by atoms with Crippen LogP contribution in [0, 0.1) is 5.82 Å². The molecule has 0 radical (unpaired) electrons. The number of hydrogen-bond acceptors (Lipinski definition) is 2. The molecule has 0 aromatic heterocycles. The fourth-order valence-corrected chi connectivity index (χ4v) is 2.46. The first-order valence-corrected chi connectivity index (χ1v) is 6.79. The minimum atomic E-state index is -0.349. The summed E-state index contributed by atoms with van der Waals surface area (Å²) in [6.07, 6.45) is 0. The van der Waals surface area contributed by atoms with E-state index in [1.807, 2.05) is 43.1 Å². The van der Waals surface area contributed by atoms with Crippen molar-refractivity contribution in [3.63, 3.8) is 0 Å². The molecule has 0 bridgehead atoms. The van der Waals surface area contributed by atoms with Gasteiger partial charge in [0.05, 0.1) is 18.3 Å². The van der Waals surface area contributed by atoms with Crippen molar-refractivity contribution < 1.29 is 9.50 Å². The summed E-state index contributed by atoms with van der Waals surface area (Å²) in [5, 5.41) is 9.68. The predicted octanol–water partition coefficient (Wildman–Crippen LogP) is 4.17. The zero-order valence-corrected chi connectivity index (χ0v) is 12.2. The molecular formula is C16H17ClFNO. The van der Waals surface area contributed by atoms with Crippen LogP contribution >= 0.6 is 11.6 Å². The van der Waals surface area contributed by atoms with Gasteiger partial charge in [0, 0.05) is 12.1 Å². The van der Waals surface area contributed by atoms with Crippen LogP contribution in [0.1, 0.15) is 24.1 Å². The van der Waals surface area contributed by atoms with Gasteiger partial charge in [0.2, 0.25) is 0 Å². The molecule has 1 atom stereocenters. The van der Waals surface area contributed by atoms with Crippen molar-refractivity contribution in [2.24, 2.45) is 0 Å². The van der Waals surface area contributed by atoms with Gasteiger partial charge in [-0.25, -0.2) is 4.39 Å². The first-order chi connectivity index (χ1) is 9.54. The van der Waals surface area contributed by atoms with Gasteiger partial charge in [-0.2, -0.15) is 0 Å². The maximum absolute atomic E-state index is 14.1. The lowest BCUT2D eigenvalue weighted by molar-refractivity contribution is 0.281. The maximum atomic E-state index is 14.1. The lowest BCUT2D eigenvalue weighted by Gasteiger charge is -2.28. The van der Waals surface area contributed by atoms with E-state index in [0.717, 1.165) is 5.56 Å². The summed E-state index contributed by atoms with van der Waals surface area (Å²) < 4.78 is 14.1. The van der Waals surface area contributed by atoms with E-state index in [1.54, 1.807) is 12.1 Å². The highest BCUT2D eigenvalue weighted by molar-refractivity contribution is 6.31. The summed E-state index contributed by atoms with van der Waals surface area (Å²) in [7, 11) is 1.82.